The van der Waals surface area contributed by atoms with E-state index in [0.29, 0.717) is 0 Å². The van der Waals surface area contributed by atoms with Crippen LogP contribution in [0.2, 0.25) is 0 Å². The molecule has 3 heteroatoms. The molecule has 1 aromatic carbocycles. The molecule has 1 aliphatic rings. The Morgan fingerprint density at radius 2 is 2.18 bits per heavy atom. The molecular weight excluding hydrogens is 210 g/mol. The highest BCUT2D eigenvalue weighted by molar-refractivity contribution is 5.63. The minimum absolute atomic E-state index is 0.756. The topological polar surface area (TPSA) is 29.9 Å². The molecule has 88 valence electrons. The van der Waals surface area contributed by atoms with Gasteiger partial charge in [-0.15, -0.1) is 0 Å². The normalized spacial score (nSPS) is 15.8. The molecule has 0 amide bonds. The van der Waals surface area contributed by atoms with Gasteiger partial charge in [-0.1, -0.05) is 24.3 Å². The third-order valence-electron chi connectivity index (χ3n) is 3.45. The lowest BCUT2D eigenvalue weighted by Crippen LogP contribution is -2.44. The molecule has 0 saturated carbocycles. The quantitative estimate of drug-likeness (QED) is 0.870. The van der Waals surface area contributed by atoms with Crippen molar-refractivity contribution < 1.29 is 0 Å². The maximum absolute atomic E-state index is 4.29. The molecule has 0 unspecified atom stereocenters. The fraction of sp³-hybridized carbons (Fsp3) is 0.357. The summed E-state index contributed by atoms with van der Waals surface area (Å²) in [6.45, 7) is 5.48. The number of hydrogen-bond acceptors (Lipinski definition) is 2. The summed E-state index contributed by atoms with van der Waals surface area (Å²) in [5.74, 6) is 0.756. The van der Waals surface area contributed by atoms with Crippen molar-refractivity contribution >= 4 is 0 Å². The van der Waals surface area contributed by atoms with E-state index in [-0.39, 0.29) is 0 Å². The maximum Gasteiger partial charge on any atom is 0.0951 e. The molecule has 0 bridgehead atoms. The molecule has 2 heterocycles. The van der Waals surface area contributed by atoms with Crippen molar-refractivity contribution in [3.05, 3.63) is 42.4 Å². The van der Waals surface area contributed by atoms with Gasteiger partial charge in [-0.05, 0) is 12.5 Å². The zero-order chi connectivity index (χ0) is 11.7. The number of nitrogens with one attached hydrogen (secondary N) is 1. The molecule has 1 saturated heterocycles. The summed E-state index contributed by atoms with van der Waals surface area (Å²) in [7, 11) is 0. The lowest BCUT2D eigenvalue weighted by atomic mass is 10.0. The van der Waals surface area contributed by atoms with E-state index < -0.39 is 0 Å². The number of aromatic nitrogens is 2. The zero-order valence-corrected chi connectivity index (χ0v) is 10.1. The van der Waals surface area contributed by atoms with E-state index in [1.807, 2.05) is 12.5 Å². The Hall–Kier alpha value is -1.61. The summed E-state index contributed by atoms with van der Waals surface area (Å²) in [4.78, 5) is 4.29. The van der Waals surface area contributed by atoms with Gasteiger partial charge in [0.15, 0.2) is 0 Å². The standard InChI is InChI=1S/C14H17N3/c1-11-4-2-3-5-13(11)14-8-16-10-17(14)9-12-6-15-7-12/h2-5,8,10,12,15H,6-7,9H2,1H3. The zero-order valence-electron chi connectivity index (χ0n) is 10.1. The third-order valence-corrected chi connectivity index (χ3v) is 3.45. The largest absolute Gasteiger partial charge is 0.330 e. The highest BCUT2D eigenvalue weighted by Crippen LogP contribution is 2.23. The van der Waals surface area contributed by atoms with Gasteiger partial charge < -0.3 is 9.88 Å². The summed E-state index contributed by atoms with van der Waals surface area (Å²) in [5.41, 5.74) is 3.83. The minimum atomic E-state index is 0.756. The van der Waals surface area contributed by atoms with E-state index in [1.165, 1.54) is 16.8 Å². The number of nitrogens with zero attached hydrogens (tertiary/aromatic N) is 2. The van der Waals surface area contributed by atoms with E-state index >= 15 is 0 Å². The molecule has 0 radical (unpaired) electrons. The number of hydrogen-bond donors (Lipinski definition) is 1. The lowest BCUT2D eigenvalue weighted by Gasteiger charge is -2.28. The monoisotopic (exact) mass is 227 g/mol. The average molecular weight is 227 g/mol. The molecule has 1 fully saturated rings. The lowest BCUT2D eigenvalue weighted by molar-refractivity contribution is 0.308. The van der Waals surface area contributed by atoms with E-state index in [9.17, 15) is 0 Å². The van der Waals surface area contributed by atoms with Crippen LogP contribution >= 0.6 is 0 Å². The molecule has 2 aromatic rings. The first kappa shape index (κ1) is 10.5. The van der Waals surface area contributed by atoms with E-state index in [4.69, 9.17) is 0 Å². The second-order valence-electron chi connectivity index (χ2n) is 4.77. The summed E-state index contributed by atoms with van der Waals surface area (Å²) >= 11 is 0. The first-order valence-electron chi connectivity index (χ1n) is 6.11. The Balaban J connectivity index is 1.92. The maximum atomic E-state index is 4.29. The molecule has 0 atom stereocenters. The van der Waals surface area contributed by atoms with Gasteiger partial charge in [0, 0.05) is 31.1 Å². The number of benzene rings is 1. The van der Waals surface area contributed by atoms with Crippen molar-refractivity contribution in [2.24, 2.45) is 5.92 Å². The molecule has 0 spiro atoms. The van der Waals surface area contributed by atoms with Crippen molar-refractivity contribution in [1.29, 1.82) is 0 Å². The SMILES string of the molecule is Cc1ccccc1-c1cncn1CC1CNC1. The number of aryl methyl sites for hydroxylation is 1. The van der Waals surface area contributed by atoms with Crippen LogP contribution in [-0.2, 0) is 6.54 Å². The highest BCUT2D eigenvalue weighted by Gasteiger charge is 2.18. The smallest absolute Gasteiger partial charge is 0.0951 e. The van der Waals surface area contributed by atoms with Crippen molar-refractivity contribution in [2.45, 2.75) is 13.5 Å². The van der Waals surface area contributed by atoms with Crippen LogP contribution in [0.3, 0.4) is 0 Å². The van der Waals surface area contributed by atoms with Gasteiger partial charge in [0.1, 0.15) is 0 Å². The van der Waals surface area contributed by atoms with Crippen LogP contribution in [0.5, 0.6) is 0 Å². The summed E-state index contributed by atoms with van der Waals surface area (Å²) < 4.78 is 2.27. The molecule has 1 N–H and O–H groups in total. The van der Waals surface area contributed by atoms with Gasteiger partial charge >= 0.3 is 0 Å². The third kappa shape index (κ3) is 1.98. The molecule has 1 aliphatic heterocycles. The molecule has 3 rings (SSSR count). The second kappa shape index (κ2) is 4.34. The van der Waals surface area contributed by atoms with Crippen molar-refractivity contribution in [1.82, 2.24) is 14.9 Å². The van der Waals surface area contributed by atoms with Crippen LogP contribution in [0.25, 0.3) is 11.3 Å². The van der Waals surface area contributed by atoms with Gasteiger partial charge in [0.2, 0.25) is 0 Å². The van der Waals surface area contributed by atoms with Crippen molar-refractivity contribution in [2.75, 3.05) is 13.1 Å². The molecule has 3 nitrogen and oxygen atoms in total. The van der Waals surface area contributed by atoms with E-state index in [0.717, 1.165) is 25.6 Å². The fourth-order valence-corrected chi connectivity index (χ4v) is 2.31. The Kier molecular flexibility index (Phi) is 2.69. The Labute approximate surface area is 101 Å². The Morgan fingerprint density at radius 3 is 2.88 bits per heavy atom. The van der Waals surface area contributed by atoms with E-state index in [1.54, 1.807) is 0 Å². The molecule has 1 aromatic heterocycles. The minimum Gasteiger partial charge on any atom is -0.330 e. The van der Waals surface area contributed by atoms with Gasteiger partial charge in [0.25, 0.3) is 0 Å². The predicted molar refractivity (Wildman–Crippen MR) is 68.8 cm³/mol. The van der Waals surface area contributed by atoms with Crippen LogP contribution in [0, 0.1) is 12.8 Å². The first-order chi connectivity index (χ1) is 8.34. The molecular formula is C14H17N3. The van der Waals surface area contributed by atoms with Crippen molar-refractivity contribution in [3.8, 4) is 11.3 Å². The van der Waals surface area contributed by atoms with Crippen LogP contribution in [-0.4, -0.2) is 22.6 Å². The van der Waals surface area contributed by atoms with Gasteiger partial charge in [-0.2, -0.15) is 0 Å². The van der Waals surface area contributed by atoms with Crippen LogP contribution in [0.15, 0.2) is 36.8 Å². The molecule has 17 heavy (non-hydrogen) atoms. The average Bonchev–Trinajstić information content (AvgIpc) is 2.72. The first-order valence-corrected chi connectivity index (χ1v) is 6.11. The number of rotatable bonds is 3. The van der Waals surface area contributed by atoms with Crippen LogP contribution in [0.4, 0.5) is 0 Å². The fourth-order valence-electron chi connectivity index (χ4n) is 2.31. The highest BCUT2D eigenvalue weighted by atomic mass is 15.1. The van der Waals surface area contributed by atoms with Crippen molar-refractivity contribution in [3.63, 3.8) is 0 Å². The van der Waals surface area contributed by atoms with E-state index in [2.05, 4.69) is 46.1 Å². The second-order valence-corrected chi connectivity index (χ2v) is 4.77. The summed E-state index contributed by atoms with van der Waals surface area (Å²) in [6.07, 6.45) is 3.91. The van der Waals surface area contributed by atoms with Gasteiger partial charge in [-0.3, -0.25) is 0 Å². The Morgan fingerprint density at radius 1 is 1.35 bits per heavy atom. The summed E-state index contributed by atoms with van der Waals surface area (Å²) in [6, 6.07) is 8.49. The van der Waals surface area contributed by atoms with Gasteiger partial charge in [-0.25, -0.2) is 4.98 Å². The predicted octanol–water partition coefficient (Wildman–Crippen LogP) is 2.08. The summed E-state index contributed by atoms with van der Waals surface area (Å²) in [5, 5.41) is 3.31. The van der Waals surface area contributed by atoms with Crippen LogP contribution < -0.4 is 5.32 Å². The van der Waals surface area contributed by atoms with Crippen LogP contribution in [0.1, 0.15) is 5.56 Å². The van der Waals surface area contributed by atoms with Gasteiger partial charge in [0.05, 0.1) is 18.2 Å². The molecule has 0 aliphatic carbocycles. The number of imidazole rings is 1. The Bertz CT molecular complexity index is 512.